The highest BCUT2D eigenvalue weighted by atomic mass is 15.3. The summed E-state index contributed by atoms with van der Waals surface area (Å²) in [5.74, 6) is 7.18. The third kappa shape index (κ3) is 2.82. The number of aromatic nitrogens is 2. The van der Waals surface area contributed by atoms with E-state index < -0.39 is 0 Å². The highest BCUT2D eigenvalue weighted by molar-refractivity contribution is 5.43. The summed E-state index contributed by atoms with van der Waals surface area (Å²) < 4.78 is 0. The lowest BCUT2D eigenvalue weighted by Crippen LogP contribution is -2.25. The van der Waals surface area contributed by atoms with Crippen molar-refractivity contribution >= 4 is 11.8 Å². The highest BCUT2D eigenvalue weighted by Crippen LogP contribution is 2.18. The van der Waals surface area contributed by atoms with Gasteiger partial charge >= 0.3 is 0 Å². The average molecular weight is 223 g/mol. The summed E-state index contributed by atoms with van der Waals surface area (Å²) >= 11 is 0. The van der Waals surface area contributed by atoms with E-state index in [-0.39, 0.29) is 0 Å². The molecule has 3 N–H and O–H groups in total. The molecule has 0 amide bonds. The number of nitrogens with zero attached hydrogens (tertiary/aromatic N) is 3. The van der Waals surface area contributed by atoms with Crippen molar-refractivity contribution in [1.29, 1.82) is 0 Å². The van der Waals surface area contributed by atoms with Crippen LogP contribution in [-0.4, -0.2) is 23.1 Å². The van der Waals surface area contributed by atoms with E-state index in [0.717, 1.165) is 24.7 Å². The number of rotatable bonds is 5. The smallest absolute Gasteiger partial charge is 0.227 e. The minimum Gasteiger partial charge on any atom is -0.341 e. The number of nitrogens with one attached hydrogen (secondary N) is 1. The second-order valence-corrected chi connectivity index (χ2v) is 3.95. The Labute approximate surface area is 97.0 Å². The Morgan fingerprint density at radius 3 is 2.38 bits per heavy atom. The van der Waals surface area contributed by atoms with Crippen LogP contribution in [0.2, 0.25) is 0 Å². The quantitative estimate of drug-likeness (QED) is 0.588. The predicted molar refractivity (Wildman–Crippen MR) is 67.5 cm³/mol. The summed E-state index contributed by atoms with van der Waals surface area (Å²) in [6.07, 6.45) is 0. The van der Waals surface area contributed by atoms with Crippen molar-refractivity contribution in [2.24, 2.45) is 5.84 Å². The molecule has 1 aromatic rings. The van der Waals surface area contributed by atoms with Crippen LogP contribution < -0.4 is 16.2 Å². The number of hydrazine groups is 1. The van der Waals surface area contributed by atoms with Gasteiger partial charge in [0.2, 0.25) is 5.95 Å². The molecule has 1 heterocycles. The van der Waals surface area contributed by atoms with E-state index in [1.54, 1.807) is 0 Å². The molecule has 5 nitrogen and oxygen atoms in total. The standard InChI is InChI=1S/C11H21N5/c1-5-16(6-2)11-13-9(8(3)4)7-10(14-11)15-12/h7-8H,5-6,12H2,1-4H3,(H,13,14,15). The zero-order valence-electron chi connectivity index (χ0n) is 10.5. The molecule has 0 fully saturated rings. The molecule has 0 aliphatic rings. The predicted octanol–water partition coefficient (Wildman–Crippen LogP) is 1.73. The summed E-state index contributed by atoms with van der Waals surface area (Å²) in [6, 6.07) is 1.89. The highest BCUT2D eigenvalue weighted by Gasteiger charge is 2.10. The Hall–Kier alpha value is -1.36. The van der Waals surface area contributed by atoms with Gasteiger partial charge in [-0.25, -0.2) is 10.8 Å². The van der Waals surface area contributed by atoms with E-state index in [1.807, 2.05) is 6.07 Å². The topological polar surface area (TPSA) is 67.1 Å². The molecule has 1 rings (SSSR count). The van der Waals surface area contributed by atoms with Gasteiger partial charge < -0.3 is 10.3 Å². The minimum absolute atomic E-state index is 0.365. The first-order chi connectivity index (χ1) is 7.62. The van der Waals surface area contributed by atoms with Crippen molar-refractivity contribution in [1.82, 2.24) is 9.97 Å². The van der Waals surface area contributed by atoms with Crippen LogP contribution in [0.15, 0.2) is 6.07 Å². The van der Waals surface area contributed by atoms with Gasteiger partial charge in [0, 0.05) is 19.2 Å². The number of hydrogen-bond donors (Lipinski definition) is 2. The van der Waals surface area contributed by atoms with Crippen LogP contribution in [-0.2, 0) is 0 Å². The van der Waals surface area contributed by atoms with Crippen LogP contribution in [0, 0.1) is 0 Å². The molecule has 5 heteroatoms. The first-order valence-corrected chi connectivity index (χ1v) is 5.72. The SMILES string of the molecule is CCN(CC)c1nc(NN)cc(C(C)C)n1. The summed E-state index contributed by atoms with van der Waals surface area (Å²) in [7, 11) is 0. The lowest BCUT2D eigenvalue weighted by atomic mass is 10.1. The fraction of sp³-hybridized carbons (Fsp3) is 0.636. The number of anilines is 2. The molecular formula is C11H21N5. The molecule has 0 spiro atoms. The summed E-state index contributed by atoms with van der Waals surface area (Å²) in [5, 5.41) is 0. The molecule has 0 saturated heterocycles. The fourth-order valence-electron chi connectivity index (χ4n) is 1.47. The van der Waals surface area contributed by atoms with Gasteiger partial charge in [-0.3, -0.25) is 0 Å². The van der Waals surface area contributed by atoms with E-state index in [9.17, 15) is 0 Å². The fourth-order valence-corrected chi connectivity index (χ4v) is 1.47. The van der Waals surface area contributed by atoms with Crippen LogP contribution in [0.25, 0.3) is 0 Å². The van der Waals surface area contributed by atoms with Crippen molar-refractivity contribution < 1.29 is 0 Å². The number of nitrogen functional groups attached to an aromatic ring is 1. The molecule has 1 aromatic heterocycles. The first kappa shape index (κ1) is 12.7. The van der Waals surface area contributed by atoms with Crippen LogP contribution in [0.3, 0.4) is 0 Å². The van der Waals surface area contributed by atoms with Gasteiger partial charge in [-0.2, -0.15) is 4.98 Å². The third-order valence-electron chi connectivity index (χ3n) is 2.52. The Kier molecular flexibility index (Phi) is 4.49. The van der Waals surface area contributed by atoms with Crippen LogP contribution >= 0.6 is 0 Å². The molecule has 0 atom stereocenters. The largest absolute Gasteiger partial charge is 0.341 e. The van der Waals surface area contributed by atoms with Gasteiger partial charge in [-0.1, -0.05) is 13.8 Å². The van der Waals surface area contributed by atoms with Gasteiger partial charge in [0.1, 0.15) is 5.82 Å². The number of nitrogens with two attached hydrogens (primary N) is 1. The molecule has 0 bridgehead atoms. The zero-order valence-corrected chi connectivity index (χ0v) is 10.5. The van der Waals surface area contributed by atoms with Crippen LogP contribution in [0.5, 0.6) is 0 Å². The van der Waals surface area contributed by atoms with Crippen molar-refractivity contribution in [3.05, 3.63) is 11.8 Å². The second kappa shape index (κ2) is 5.65. The maximum Gasteiger partial charge on any atom is 0.227 e. The summed E-state index contributed by atoms with van der Waals surface area (Å²) in [6.45, 7) is 10.2. The molecule has 0 unspecified atom stereocenters. The van der Waals surface area contributed by atoms with E-state index >= 15 is 0 Å². The average Bonchev–Trinajstić information content (AvgIpc) is 2.30. The molecule has 0 radical (unpaired) electrons. The molecule has 0 saturated carbocycles. The van der Waals surface area contributed by atoms with Crippen LogP contribution in [0.1, 0.15) is 39.3 Å². The molecule has 16 heavy (non-hydrogen) atoms. The maximum atomic E-state index is 5.41. The lowest BCUT2D eigenvalue weighted by molar-refractivity contribution is 0.774. The van der Waals surface area contributed by atoms with Gasteiger partial charge in [0.25, 0.3) is 0 Å². The van der Waals surface area contributed by atoms with Gasteiger partial charge in [0.05, 0.1) is 5.69 Å². The second-order valence-electron chi connectivity index (χ2n) is 3.95. The third-order valence-corrected chi connectivity index (χ3v) is 2.52. The zero-order chi connectivity index (χ0) is 12.1. The molecule has 90 valence electrons. The van der Waals surface area contributed by atoms with Crippen molar-refractivity contribution in [3.8, 4) is 0 Å². The monoisotopic (exact) mass is 223 g/mol. The Morgan fingerprint density at radius 2 is 1.94 bits per heavy atom. The van der Waals surface area contributed by atoms with E-state index in [4.69, 9.17) is 5.84 Å². The van der Waals surface area contributed by atoms with Gasteiger partial charge in [-0.15, -0.1) is 0 Å². The molecule has 0 aromatic carbocycles. The normalized spacial score (nSPS) is 10.6. The van der Waals surface area contributed by atoms with Crippen molar-refractivity contribution in [2.75, 3.05) is 23.4 Å². The lowest BCUT2D eigenvalue weighted by Gasteiger charge is -2.20. The Morgan fingerprint density at radius 1 is 1.31 bits per heavy atom. The molecule has 0 aliphatic carbocycles. The maximum absolute atomic E-state index is 5.41. The van der Waals surface area contributed by atoms with E-state index in [1.165, 1.54) is 0 Å². The first-order valence-electron chi connectivity index (χ1n) is 5.72. The van der Waals surface area contributed by atoms with E-state index in [2.05, 4.69) is 48.0 Å². The minimum atomic E-state index is 0.365. The van der Waals surface area contributed by atoms with Crippen molar-refractivity contribution in [3.63, 3.8) is 0 Å². The van der Waals surface area contributed by atoms with Gasteiger partial charge in [0.15, 0.2) is 0 Å². The van der Waals surface area contributed by atoms with Crippen LogP contribution in [0.4, 0.5) is 11.8 Å². The Balaban J connectivity index is 3.12. The summed E-state index contributed by atoms with van der Waals surface area (Å²) in [5.41, 5.74) is 3.59. The van der Waals surface area contributed by atoms with E-state index in [0.29, 0.717) is 11.7 Å². The van der Waals surface area contributed by atoms with Gasteiger partial charge in [-0.05, 0) is 19.8 Å². The molecule has 0 aliphatic heterocycles. The van der Waals surface area contributed by atoms with Crippen molar-refractivity contribution in [2.45, 2.75) is 33.6 Å². The Bertz CT molecular complexity index is 333. The summed E-state index contributed by atoms with van der Waals surface area (Å²) in [4.78, 5) is 11.0. The number of hydrogen-bond acceptors (Lipinski definition) is 5. The molecular weight excluding hydrogens is 202 g/mol.